The molecule has 1 amide bonds. The van der Waals surface area contributed by atoms with E-state index in [4.69, 9.17) is 13.9 Å². The highest BCUT2D eigenvalue weighted by Crippen LogP contribution is 2.29. The van der Waals surface area contributed by atoms with Crippen LogP contribution in [0.15, 0.2) is 52.9 Å². The zero-order valence-corrected chi connectivity index (χ0v) is 17.4. The van der Waals surface area contributed by atoms with Gasteiger partial charge in [-0.2, -0.15) is 0 Å². The predicted octanol–water partition coefficient (Wildman–Crippen LogP) is 5.69. The van der Waals surface area contributed by atoms with Gasteiger partial charge in [-0.1, -0.05) is 25.5 Å². The lowest BCUT2D eigenvalue weighted by molar-refractivity contribution is 0.0992. The Morgan fingerprint density at radius 1 is 1.00 bits per heavy atom. The largest absolute Gasteiger partial charge is 0.493 e. The van der Waals surface area contributed by atoms with Crippen molar-refractivity contribution < 1.29 is 18.7 Å². The summed E-state index contributed by atoms with van der Waals surface area (Å²) < 4.78 is 16.9. The molecule has 29 heavy (non-hydrogen) atoms. The number of benzene rings is 2. The van der Waals surface area contributed by atoms with E-state index < -0.39 is 0 Å². The van der Waals surface area contributed by atoms with Gasteiger partial charge in [0.05, 0.1) is 7.11 Å². The number of nitrogens with one attached hydrogen (secondary N) is 1. The van der Waals surface area contributed by atoms with Gasteiger partial charge in [0.25, 0.3) is 5.91 Å². The molecule has 0 saturated carbocycles. The van der Waals surface area contributed by atoms with Gasteiger partial charge < -0.3 is 19.2 Å². The normalized spacial score (nSPS) is 10.6. The molecule has 152 valence electrons. The van der Waals surface area contributed by atoms with Gasteiger partial charge in [0.1, 0.15) is 12.4 Å². The van der Waals surface area contributed by atoms with E-state index in [1.807, 2.05) is 44.2 Å². The number of aryl methyl sites for hydroxylation is 3. The molecule has 3 rings (SSSR count). The van der Waals surface area contributed by atoms with Gasteiger partial charge in [0.15, 0.2) is 17.3 Å². The summed E-state index contributed by atoms with van der Waals surface area (Å²) in [6.45, 7) is 6.34. The number of carbonyl (C=O) groups excluding carboxylic acids is 1. The molecule has 0 atom stereocenters. The van der Waals surface area contributed by atoms with Crippen molar-refractivity contribution in [3.8, 4) is 11.5 Å². The van der Waals surface area contributed by atoms with Crippen LogP contribution in [0.2, 0.25) is 0 Å². The molecule has 0 aliphatic carbocycles. The fourth-order valence-corrected chi connectivity index (χ4v) is 3.24. The Bertz CT molecular complexity index is 970. The van der Waals surface area contributed by atoms with E-state index in [9.17, 15) is 4.79 Å². The van der Waals surface area contributed by atoms with E-state index in [2.05, 4.69) is 18.3 Å². The van der Waals surface area contributed by atoms with Crippen LogP contribution < -0.4 is 14.8 Å². The SMILES string of the molecule is CCCc1ccc(OCc2ccc(C(=O)Nc3cc(C)cc(C)c3)o2)c(OC)c1. The van der Waals surface area contributed by atoms with E-state index in [0.29, 0.717) is 17.3 Å². The van der Waals surface area contributed by atoms with Crippen LogP contribution in [0.25, 0.3) is 0 Å². The first-order valence-corrected chi connectivity index (χ1v) is 9.76. The van der Waals surface area contributed by atoms with Crippen LogP contribution in [-0.4, -0.2) is 13.0 Å². The van der Waals surface area contributed by atoms with E-state index in [1.54, 1.807) is 19.2 Å². The molecule has 0 saturated heterocycles. The highest BCUT2D eigenvalue weighted by molar-refractivity contribution is 6.02. The minimum absolute atomic E-state index is 0.209. The van der Waals surface area contributed by atoms with Crippen LogP contribution in [0.4, 0.5) is 5.69 Å². The van der Waals surface area contributed by atoms with Gasteiger partial charge in [0.2, 0.25) is 0 Å². The maximum Gasteiger partial charge on any atom is 0.291 e. The Morgan fingerprint density at radius 3 is 2.45 bits per heavy atom. The van der Waals surface area contributed by atoms with Crippen LogP contribution in [0, 0.1) is 13.8 Å². The van der Waals surface area contributed by atoms with Crippen LogP contribution >= 0.6 is 0 Å². The number of hydrogen-bond donors (Lipinski definition) is 1. The molecule has 3 aromatic rings. The Morgan fingerprint density at radius 2 is 1.76 bits per heavy atom. The molecule has 0 fully saturated rings. The second-order valence-corrected chi connectivity index (χ2v) is 7.12. The van der Waals surface area contributed by atoms with Gasteiger partial charge in [-0.25, -0.2) is 0 Å². The smallest absolute Gasteiger partial charge is 0.291 e. The van der Waals surface area contributed by atoms with E-state index in [1.165, 1.54) is 5.56 Å². The van der Waals surface area contributed by atoms with Crippen molar-refractivity contribution in [3.05, 3.63) is 76.7 Å². The predicted molar refractivity (Wildman–Crippen MR) is 114 cm³/mol. The Hall–Kier alpha value is -3.21. The van der Waals surface area contributed by atoms with E-state index in [0.717, 1.165) is 29.7 Å². The third-order valence-corrected chi connectivity index (χ3v) is 4.50. The number of methoxy groups -OCH3 is 1. The van der Waals surface area contributed by atoms with Crippen LogP contribution in [-0.2, 0) is 13.0 Å². The van der Waals surface area contributed by atoms with Crippen molar-refractivity contribution in [2.45, 2.75) is 40.2 Å². The second-order valence-electron chi connectivity index (χ2n) is 7.12. The molecule has 1 aromatic heterocycles. The van der Waals surface area contributed by atoms with E-state index >= 15 is 0 Å². The fourth-order valence-electron chi connectivity index (χ4n) is 3.24. The maximum atomic E-state index is 12.5. The first kappa shape index (κ1) is 20.5. The summed E-state index contributed by atoms with van der Waals surface area (Å²) in [4.78, 5) is 12.5. The van der Waals surface area contributed by atoms with Gasteiger partial charge in [-0.15, -0.1) is 0 Å². The number of amides is 1. The molecule has 1 N–H and O–H groups in total. The summed E-state index contributed by atoms with van der Waals surface area (Å²) >= 11 is 0. The monoisotopic (exact) mass is 393 g/mol. The number of hydrogen-bond acceptors (Lipinski definition) is 4. The molecule has 5 heteroatoms. The molecular formula is C24H27NO4. The lowest BCUT2D eigenvalue weighted by Gasteiger charge is -2.11. The first-order chi connectivity index (χ1) is 14.0. The van der Waals surface area contributed by atoms with Crippen LogP contribution in [0.1, 0.15) is 46.3 Å². The highest BCUT2D eigenvalue weighted by atomic mass is 16.5. The first-order valence-electron chi connectivity index (χ1n) is 9.76. The van der Waals surface area contributed by atoms with Crippen molar-refractivity contribution in [1.82, 2.24) is 0 Å². The molecule has 0 radical (unpaired) electrons. The number of rotatable bonds is 8. The number of ether oxygens (including phenoxy) is 2. The number of furan rings is 1. The maximum absolute atomic E-state index is 12.5. The van der Waals surface area contributed by atoms with Crippen LogP contribution in [0.3, 0.4) is 0 Å². The summed E-state index contributed by atoms with van der Waals surface area (Å²) in [5, 5.41) is 2.87. The standard InChI is InChI=1S/C24H27NO4/c1-5-6-18-7-9-21(23(14-18)27-4)28-15-20-8-10-22(29-20)24(26)25-19-12-16(2)11-17(3)13-19/h7-14H,5-6,15H2,1-4H3,(H,25,26). The average Bonchev–Trinajstić information content (AvgIpc) is 3.15. The van der Waals surface area contributed by atoms with Crippen molar-refractivity contribution in [1.29, 1.82) is 0 Å². The summed E-state index contributed by atoms with van der Waals surface area (Å²) in [5.74, 6) is 1.85. The van der Waals surface area contributed by atoms with Crippen molar-refractivity contribution >= 4 is 11.6 Å². The second kappa shape index (κ2) is 9.32. The van der Waals surface area contributed by atoms with Crippen LogP contribution in [0.5, 0.6) is 11.5 Å². The molecule has 0 aliphatic rings. The molecule has 0 spiro atoms. The van der Waals surface area contributed by atoms with Gasteiger partial charge in [-0.3, -0.25) is 4.79 Å². The number of anilines is 1. The van der Waals surface area contributed by atoms with Crippen molar-refractivity contribution in [2.75, 3.05) is 12.4 Å². The quantitative estimate of drug-likeness (QED) is 0.534. The summed E-state index contributed by atoms with van der Waals surface area (Å²) in [5.41, 5.74) is 4.14. The molecule has 5 nitrogen and oxygen atoms in total. The molecule has 0 aliphatic heterocycles. The minimum atomic E-state index is -0.289. The minimum Gasteiger partial charge on any atom is -0.493 e. The summed E-state index contributed by atoms with van der Waals surface area (Å²) in [6.07, 6.45) is 2.07. The van der Waals surface area contributed by atoms with Gasteiger partial charge in [0, 0.05) is 5.69 Å². The molecule has 1 heterocycles. The zero-order valence-electron chi connectivity index (χ0n) is 17.4. The third-order valence-electron chi connectivity index (χ3n) is 4.50. The third kappa shape index (κ3) is 5.41. The zero-order chi connectivity index (χ0) is 20.8. The summed E-state index contributed by atoms with van der Waals surface area (Å²) in [7, 11) is 1.63. The van der Waals surface area contributed by atoms with Crippen molar-refractivity contribution in [2.24, 2.45) is 0 Å². The molecule has 0 bridgehead atoms. The summed E-state index contributed by atoms with van der Waals surface area (Å²) in [6, 6.07) is 15.2. The van der Waals surface area contributed by atoms with Crippen molar-refractivity contribution in [3.63, 3.8) is 0 Å². The molecule has 0 unspecified atom stereocenters. The Labute approximate surface area is 171 Å². The highest BCUT2D eigenvalue weighted by Gasteiger charge is 2.13. The molecule has 2 aromatic carbocycles. The van der Waals surface area contributed by atoms with E-state index in [-0.39, 0.29) is 18.3 Å². The Balaban J connectivity index is 1.63. The fraction of sp³-hybridized carbons (Fsp3) is 0.292. The van der Waals surface area contributed by atoms with Gasteiger partial charge >= 0.3 is 0 Å². The Kier molecular flexibility index (Phi) is 6.60. The van der Waals surface area contributed by atoms with Gasteiger partial charge in [-0.05, 0) is 73.4 Å². The average molecular weight is 393 g/mol. The lowest BCUT2D eigenvalue weighted by Crippen LogP contribution is -2.11. The topological polar surface area (TPSA) is 60.7 Å². The lowest BCUT2D eigenvalue weighted by atomic mass is 10.1. The number of carbonyl (C=O) groups is 1. The molecular weight excluding hydrogens is 366 g/mol.